The molecule has 1 heterocycles. The summed E-state index contributed by atoms with van der Waals surface area (Å²) >= 11 is 1.47. The molecular weight excluding hydrogens is 283 g/mol. The molecular formula is C17H11FN2S. The highest BCUT2D eigenvalue weighted by Gasteiger charge is 2.08. The Bertz CT molecular complexity index is 826. The van der Waals surface area contributed by atoms with Gasteiger partial charge in [0, 0.05) is 16.5 Å². The Balaban J connectivity index is 2.01. The maximum absolute atomic E-state index is 13.5. The van der Waals surface area contributed by atoms with E-state index in [1.165, 1.54) is 23.5 Å². The normalized spacial score (nSPS) is 10.3. The maximum Gasteiger partial charge on any atom is 0.124 e. The van der Waals surface area contributed by atoms with E-state index in [9.17, 15) is 4.39 Å². The number of aryl methyl sites for hydroxylation is 1. The highest BCUT2D eigenvalue weighted by Crippen LogP contribution is 2.30. The van der Waals surface area contributed by atoms with Gasteiger partial charge < -0.3 is 0 Å². The van der Waals surface area contributed by atoms with Gasteiger partial charge in [0.05, 0.1) is 17.3 Å². The molecule has 1 aromatic heterocycles. The summed E-state index contributed by atoms with van der Waals surface area (Å²) in [6.45, 7) is 1.86. The van der Waals surface area contributed by atoms with E-state index in [4.69, 9.17) is 5.26 Å². The lowest BCUT2D eigenvalue weighted by atomic mass is 10.1. The van der Waals surface area contributed by atoms with Crippen LogP contribution in [0.3, 0.4) is 0 Å². The van der Waals surface area contributed by atoms with Crippen molar-refractivity contribution < 1.29 is 4.39 Å². The number of halogens is 1. The highest BCUT2D eigenvalue weighted by molar-refractivity contribution is 7.13. The summed E-state index contributed by atoms with van der Waals surface area (Å²) in [7, 11) is 0. The lowest BCUT2D eigenvalue weighted by Gasteiger charge is -2.00. The van der Waals surface area contributed by atoms with E-state index in [-0.39, 0.29) is 5.82 Å². The molecule has 3 aromatic rings. The van der Waals surface area contributed by atoms with Crippen LogP contribution < -0.4 is 0 Å². The number of aromatic nitrogens is 1. The lowest BCUT2D eigenvalue weighted by Crippen LogP contribution is -1.84. The minimum atomic E-state index is -0.256. The van der Waals surface area contributed by atoms with Crippen molar-refractivity contribution in [1.29, 1.82) is 5.26 Å². The predicted molar refractivity (Wildman–Crippen MR) is 82.4 cm³/mol. The second-order valence-corrected chi connectivity index (χ2v) is 5.61. The van der Waals surface area contributed by atoms with Crippen LogP contribution in [0.15, 0.2) is 47.8 Å². The Morgan fingerprint density at radius 2 is 2.00 bits per heavy atom. The molecule has 2 aromatic carbocycles. The molecule has 0 atom stereocenters. The first-order valence-electron chi connectivity index (χ1n) is 6.39. The van der Waals surface area contributed by atoms with Crippen LogP contribution in [-0.4, -0.2) is 4.98 Å². The van der Waals surface area contributed by atoms with E-state index in [1.54, 1.807) is 12.1 Å². The van der Waals surface area contributed by atoms with Crippen molar-refractivity contribution in [2.45, 2.75) is 6.92 Å². The van der Waals surface area contributed by atoms with Crippen LogP contribution in [0.5, 0.6) is 0 Å². The first-order chi connectivity index (χ1) is 10.2. The van der Waals surface area contributed by atoms with Gasteiger partial charge in [0.1, 0.15) is 10.8 Å². The number of hydrogen-bond acceptors (Lipinski definition) is 3. The average molecular weight is 294 g/mol. The fourth-order valence-electron chi connectivity index (χ4n) is 2.15. The van der Waals surface area contributed by atoms with Gasteiger partial charge in [-0.1, -0.05) is 12.1 Å². The predicted octanol–water partition coefficient (Wildman–Crippen LogP) is 4.80. The zero-order valence-corrected chi connectivity index (χ0v) is 12.1. The Kier molecular flexibility index (Phi) is 3.51. The molecule has 21 heavy (non-hydrogen) atoms. The number of nitrogens with zero attached hydrogens (tertiary/aromatic N) is 2. The summed E-state index contributed by atoms with van der Waals surface area (Å²) in [5.74, 6) is -0.256. The minimum absolute atomic E-state index is 0.256. The van der Waals surface area contributed by atoms with Crippen molar-refractivity contribution in [3.05, 3.63) is 64.8 Å². The summed E-state index contributed by atoms with van der Waals surface area (Å²) in [6, 6.07) is 14.3. The van der Waals surface area contributed by atoms with Crippen LogP contribution in [0, 0.1) is 24.1 Å². The van der Waals surface area contributed by atoms with Crippen molar-refractivity contribution in [3.8, 4) is 27.9 Å². The van der Waals surface area contributed by atoms with Crippen molar-refractivity contribution in [2.24, 2.45) is 0 Å². The second kappa shape index (κ2) is 5.47. The van der Waals surface area contributed by atoms with Crippen molar-refractivity contribution in [1.82, 2.24) is 4.98 Å². The number of thiazole rings is 1. The highest BCUT2D eigenvalue weighted by atomic mass is 32.1. The lowest BCUT2D eigenvalue weighted by molar-refractivity contribution is 0.627. The molecule has 0 spiro atoms. The Morgan fingerprint density at radius 3 is 2.76 bits per heavy atom. The van der Waals surface area contributed by atoms with Crippen LogP contribution in [0.4, 0.5) is 4.39 Å². The number of nitriles is 1. The van der Waals surface area contributed by atoms with E-state index < -0.39 is 0 Å². The van der Waals surface area contributed by atoms with Gasteiger partial charge >= 0.3 is 0 Å². The monoisotopic (exact) mass is 294 g/mol. The fourth-order valence-corrected chi connectivity index (χ4v) is 2.96. The number of hydrogen-bond donors (Lipinski definition) is 0. The zero-order valence-electron chi connectivity index (χ0n) is 11.3. The molecule has 0 saturated heterocycles. The van der Waals surface area contributed by atoms with Gasteiger partial charge in [-0.15, -0.1) is 11.3 Å². The minimum Gasteiger partial charge on any atom is -0.236 e. The van der Waals surface area contributed by atoms with Gasteiger partial charge in [-0.3, -0.25) is 0 Å². The quantitative estimate of drug-likeness (QED) is 0.681. The number of benzene rings is 2. The maximum atomic E-state index is 13.5. The zero-order chi connectivity index (χ0) is 14.8. The Morgan fingerprint density at radius 1 is 1.14 bits per heavy atom. The van der Waals surface area contributed by atoms with Crippen molar-refractivity contribution in [3.63, 3.8) is 0 Å². The largest absolute Gasteiger partial charge is 0.236 e. The molecule has 0 aliphatic carbocycles. The second-order valence-electron chi connectivity index (χ2n) is 4.75. The third-order valence-electron chi connectivity index (χ3n) is 3.08. The van der Waals surface area contributed by atoms with Gasteiger partial charge in [-0.2, -0.15) is 5.26 Å². The molecule has 0 aliphatic heterocycles. The first-order valence-corrected chi connectivity index (χ1v) is 7.27. The average Bonchev–Trinajstić information content (AvgIpc) is 2.96. The fraction of sp³-hybridized carbons (Fsp3) is 0.0588. The molecule has 0 radical (unpaired) electrons. The van der Waals surface area contributed by atoms with E-state index in [0.717, 1.165) is 27.4 Å². The van der Waals surface area contributed by atoms with E-state index >= 15 is 0 Å². The van der Waals surface area contributed by atoms with E-state index in [2.05, 4.69) is 11.1 Å². The summed E-state index contributed by atoms with van der Waals surface area (Å²) in [6.07, 6.45) is 0. The SMILES string of the molecule is Cc1cc(F)cc(-c2nc(-c3cccc(C#N)c3)cs2)c1. The molecule has 3 rings (SSSR count). The third kappa shape index (κ3) is 2.83. The van der Waals surface area contributed by atoms with Crippen molar-refractivity contribution >= 4 is 11.3 Å². The van der Waals surface area contributed by atoms with Crippen LogP contribution >= 0.6 is 11.3 Å². The molecule has 102 valence electrons. The standard InChI is InChI=1S/C17H11FN2S/c1-11-5-14(8-15(18)6-11)17-20-16(10-21-17)13-4-2-3-12(7-13)9-19/h2-8,10H,1H3. The summed E-state index contributed by atoms with van der Waals surface area (Å²) in [5, 5.41) is 11.6. The smallest absolute Gasteiger partial charge is 0.124 e. The number of rotatable bonds is 2. The summed E-state index contributed by atoms with van der Waals surface area (Å²) in [4.78, 5) is 4.55. The third-order valence-corrected chi connectivity index (χ3v) is 3.97. The van der Waals surface area contributed by atoms with E-state index in [0.29, 0.717) is 5.56 Å². The first kappa shape index (κ1) is 13.5. The van der Waals surface area contributed by atoms with Gasteiger partial charge in [-0.05, 0) is 42.8 Å². The Hall–Kier alpha value is -2.51. The van der Waals surface area contributed by atoms with Crippen LogP contribution in [-0.2, 0) is 0 Å². The molecule has 0 saturated carbocycles. The van der Waals surface area contributed by atoms with Crippen LogP contribution in [0.2, 0.25) is 0 Å². The molecule has 0 unspecified atom stereocenters. The molecule has 0 N–H and O–H groups in total. The molecule has 0 fully saturated rings. The van der Waals surface area contributed by atoms with Crippen molar-refractivity contribution in [2.75, 3.05) is 0 Å². The molecule has 2 nitrogen and oxygen atoms in total. The van der Waals surface area contributed by atoms with E-state index in [1.807, 2.05) is 30.5 Å². The van der Waals surface area contributed by atoms with Gasteiger partial charge in [0.15, 0.2) is 0 Å². The molecule has 0 aliphatic rings. The summed E-state index contributed by atoms with van der Waals surface area (Å²) in [5.41, 5.74) is 3.94. The molecule has 4 heteroatoms. The van der Waals surface area contributed by atoms with Gasteiger partial charge in [0.25, 0.3) is 0 Å². The van der Waals surface area contributed by atoms with Crippen LogP contribution in [0.1, 0.15) is 11.1 Å². The summed E-state index contributed by atoms with van der Waals surface area (Å²) < 4.78 is 13.5. The molecule has 0 bridgehead atoms. The van der Waals surface area contributed by atoms with Gasteiger partial charge in [0.2, 0.25) is 0 Å². The Labute approximate surface area is 126 Å². The topological polar surface area (TPSA) is 36.7 Å². The van der Waals surface area contributed by atoms with Gasteiger partial charge in [-0.25, -0.2) is 9.37 Å². The van der Waals surface area contributed by atoms with Crippen LogP contribution in [0.25, 0.3) is 21.8 Å². The molecule has 0 amide bonds.